The minimum absolute atomic E-state index is 0.0781. The van der Waals surface area contributed by atoms with Gasteiger partial charge in [-0.1, -0.05) is 23.7 Å². The first-order chi connectivity index (χ1) is 8.58. The van der Waals surface area contributed by atoms with Gasteiger partial charge in [0, 0.05) is 18.2 Å². The molecule has 18 heavy (non-hydrogen) atoms. The maximum absolute atomic E-state index is 13.6. The van der Waals surface area contributed by atoms with Crippen LogP contribution in [0.25, 0.3) is 0 Å². The monoisotopic (exact) mass is 270 g/mol. The number of hydrogen-bond donors (Lipinski definition) is 2. The van der Waals surface area contributed by atoms with Crippen LogP contribution in [0.1, 0.15) is 25.3 Å². The molecule has 2 rings (SSSR count). The number of carbonyl (C=O) groups excluding carboxylic acids is 1. The fraction of sp³-hybridized carbons (Fsp3) is 0.462. The molecule has 5 heteroatoms. The molecule has 2 atom stereocenters. The highest BCUT2D eigenvalue weighted by molar-refractivity contribution is 6.30. The first-order valence-electron chi connectivity index (χ1n) is 6.04. The van der Waals surface area contributed by atoms with Crippen LogP contribution in [0.15, 0.2) is 18.2 Å². The van der Waals surface area contributed by atoms with Gasteiger partial charge >= 0.3 is 0 Å². The van der Waals surface area contributed by atoms with Crippen LogP contribution in [0.4, 0.5) is 4.39 Å². The van der Waals surface area contributed by atoms with Crippen LogP contribution < -0.4 is 10.6 Å². The van der Waals surface area contributed by atoms with E-state index in [4.69, 9.17) is 11.6 Å². The number of carbonyl (C=O) groups is 1. The van der Waals surface area contributed by atoms with Crippen molar-refractivity contribution in [1.29, 1.82) is 0 Å². The van der Waals surface area contributed by atoms with E-state index in [1.54, 1.807) is 12.1 Å². The van der Waals surface area contributed by atoms with Gasteiger partial charge in [-0.25, -0.2) is 4.39 Å². The molecule has 1 fully saturated rings. The van der Waals surface area contributed by atoms with Crippen LogP contribution >= 0.6 is 11.6 Å². The van der Waals surface area contributed by atoms with Crippen LogP contribution in [-0.2, 0) is 11.3 Å². The molecule has 0 aliphatic carbocycles. The molecule has 1 aliphatic rings. The van der Waals surface area contributed by atoms with E-state index in [9.17, 15) is 9.18 Å². The molecule has 2 N–H and O–H groups in total. The second-order valence-corrected chi connectivity index (χ2v) is 5.04. The first-order valence-corrected chi connectivity index (χ1v) is 6.42. The molecule has 0 aromatic heterocycles. The average molecular weight is 271 g/mol. The summed E-state index contributed by atoms with van der Waals surface area (Å²) < 4.78 is 13.6. The molecule has 1 aromatic carbocycles. The first kappa shape index (κ1) is 13.3. The van der Waals surface area contributed by atoms with E-state index in [0.717, 1.165) is 12.8 Å². The minimum atomic E-state index is -0.466. The largest absolute Gasteiger partial charge is 0.351 e. The van der Waals surface area contributed by atoms with E-state index in [1.165, 1.54) is 6.07 Å². The van der Waals surface area contributed by atoms with Gasteiger partial charge in [-0.15, -0.1) is 0 Å². The number of benzene rings is 1. The Morgan fingerprint density at radius 2 is 2.33 bits per heavy atom. The third kappa shape index (κ3) is 3.00. The van der Waals surface area contributed by atoms with Crippen LogP contribution in [0.3, 0.4) is 0 Å². The van der Waals surface area contributed by atoms with Gasteiger partial charge in [0.05, 0.1) is 11.1 Å². The Morgan fingerprint density at radius 1 is 1.56 bits per heavy atom. The molecular weight excluding hydrogens is 255 g/mol. The summed E-state index contributed by atoms with van der Waals surface area (Å²) in [4.78, 5) is 11.8. The SMILES string of the molecule is CC1CCC(C(=O)NCc2cccc(Cl)c2F)N1. The fourth-order valence-electron chi connectivity index (χ4n) is 2.12. The van der Waals surface area contributed by atoms with Gasteiger partial charge in [0.25, 0.3) is 0 Å². The predicted octanol–water partition coefficient (Wildman–Crippen LogP) is 2.24. The Bertz CT molecular complexity index is 453. The maximum atomic E-state index is 13.6. The lowest BCUT2D eigenvalue weighted by Gasteiger charge is -2.12. The van der Waals surface area contributed by atoms with Crippen molar-refractivity contribution in [3.05, 3.63) is 34.6 Å². The summed E-state index contributed by atoms with van der Waals surface area (Å²) in [6, 6.07) is 4.98. The van der Waals surface area contributed by atoms with Gasteiger partial charge in [0.15, 0.2) is 0 Å². The van der Waals surface area contributed by atoms with Gasteiger partial charge in [0.1, 0.15) is 5.82 Å². The number of halogens is 2. The molecule has 0 saturated carbocycles. The van der Waals surface area contributed by atoms with Crippen molar-refractivity contribution < 1.29 is 9.18 Å². The van der Waals surface area contributed by atoms with Crippen molar-refractivity contribution >= 4 is 17.5 Å². The van der Waals surface area contributed by atoms with E-state index >= 15 is 0 Å². The van der Waals surface area contributed by atoms with Crippen LogP contribution in [0.2, 0.25) is 5.02 Å². The van der Waals surface area contributed by atoms with Gasteiger partial charge in [-0.2, -0.15) is 0 Å². The maximum Gasteiger partial charge on any atom is 0.237 e. The molecule has 98 valence electrons. The minimum Gasteiger partial charge on any atom is -0.351 e. The normalized spacial score (nSPS) is 23.1. The number of amides is 1. The van der Waals surface area contributed by atoms with Gasteiger partial charge in [-0.3, -0.25) is 4.79 Å². The smallest absolute Gasteiger partial charge is 0.237 e. The molecule has 2 unspecified atom stereocenters. The van der Waals surface area contributed by atoms with Gasteiger partial charge in [-0.05, 0) is 25.8 Å². The highest BCUT2D eigenvalue weighted by Gasteiger charge is 2.26. The Balaban J connectivity index is 1.91. The van der Waals surface area contributed by atoms with Crippen LogP contribution in [-0.4, -0.2) is 18.0 Å². The van der Waals surface area contributed by atoms with Crippen LogP contribution in [0, 0.1) is 5.82 Å². The topological polar surface area (TPSA) is 41.1 Å². The van der Waals surface area contributed by atoms with E-state index < -0.39 is 5.82 Å². The van der Waals surface area contributed by atoms with Gasteiger partial charge < -0.3 is 10.6 Å². The summed E-state index contributed by atoms with van der Waals surface area (Å²) in [6.07, 6.45) is 1.81. The molecule has 0 spiro atoms. The zero-order valence-corrected chi connectivity index (χ0v) is 10.9. The van der Waals surface area contributed by atoms with Crippen molar-refractivity contribution in [2.45, 2.75) is 38.4 Å². The quantitative estimate of drug-likeness (QED) is 0.884. The third-order valence-corrected chi connectivity index (χ3v) is 3.47. The Hall–Kier alpha value is -1.13. The van der Waals surface area contributed by atoms with Crippen molar-refractivity contribution in [3.8, 4) is 0 Å². The molecular formula is C13H16ClFN2O. The molecule has 3 nitrogen and oxygen atoms in total. The van der Waals surface area contributed by atoms with E-state index in [-0.39, 0.29) is 23.5 Å². The van der Waals surface area contributed by atoms with Crippen molar-refractivity contribution in [2.75, 3.05) is 0 Å². The van der Waals surface area contributed by atoms with E-state index in [0.29, 0.717) is 11.6 Å². The lowest BCUT2D eigenvalue weighted by Crippen LogP contribution is -2.41. The third-order valence-electron chi connectivity index (χ3n) is 3.18. The van der Waals surface area contributed by atoms with Crippen molar-refractivity contribution in [1.82, 2.24) is 10.6 Å². The second-order valence-electron chi connectivity index (χ2n) is 4.63. The molecule has 0 radical (unpaired) electrons. The zero-order chi connectivity index (χ0) is 13.1. The van der Waals surface area contributed by atoms with E-state index in [2.05, 4.69) is 10.6 Å². The summed E-state index contributed by atoms with van der Waals surface area (Å²) in [5.41, 5.74) is 0.405. The predicted molar refractivity (Wildman–Crippen MR) is 68.9 cm³/mol. The molecule has 1 saturated heterocycles. The molecule has 1 amide bonds. The van der Waals surface area contributed by atoms with Crippen molar-refractivity contribution in [2.24, 2.45) is 0 Å². The van der Waals surface area contributed by atoms with Crippen LogP contribution in [0.5, 0.6) is 0 Å². The summed E-state index contributed by atoms with van der Waals surface area (Å²) in [5.74, 6) is -0.550. The molecule has 0 bridgehead atoms. The number of hydrogen-bond acceptors (Lipinski definition) is 2. The summed E-state index contributed by atoms with van der Waals surface area (Å²) in [5, 5.41) is 5.99. The Kier molecular flexibility index (Phi) is 4.19. The molecule has 1 aromatic rings. The Morgan fingerprint density at radius 3 is 3.00 bits per heavy atom. The van der Waals surface area contributed by atoms with E-state index in [1.807, 2.05) is 6.92 Å². The zero-order valence-electron chi connectivity index (χ0n) is 10.2. The number of rotatable bonds is 3. The number of nitrogens with one attached hydrogen (secondary N) is 2. The van der Waals surface area contributed by atoms with Crippen molar-refractivity contribution in [3.63, 3.8) is 0 Å². The standard InChI is InChI=1S/C13H16ClFN2O/c1-8-5-6-11(17-8)13(18)16-7-9-3-2-4-10(14)12(9)15/h2-4,8,11,17H,5-7H2,1H3,(H,16,18). The highest BCUT2D eigenvalue weighted by atomic mass is 35.5. The fourth-order valence-corrected chi connectivity index (χ4v) is 2.32. The van der Waals surface area contributed by atoms with Gasteiger partial charge in [0.2, 0.25) is 5.91 Å². The average Bonchev–Trinajstić information content (AvgIpc) is 2.77. The molecule has 1 heterocycles. The summed E-state index contributed by atoms with van der Waals surface area (Å²) in [6.45, 7) is 2.21. The lowest BCUT2D eigenvalue weighted by atomic mass is 10.2. The summed E-state index contributed by atoms with van der Waals surface area (Å²) in [7, 11) is 0. The highest BCUT2D eigenvalue weighted by Crippen LogP contribution is 2.18. The summed E-state index contributed by atoms with van der Waals surface area (Å²) >= 11 is 5.68. The lowest BCUT2D eigenvalue weighted by molar-refractivity contribution is -0.123. The molecule has 1 aliphatic heterocycles. The Labute approximate surface area is 111 Å². The second kappa shape index (κ2) is 5.67.